The van der Waals surface area contributed by atoms with E-state index in [0.717, 1.165) is 5.56 Å². The number of amides is 1. The van der Waals surface area contributed by atoms with E-state index in [-0.39, 0.29) is 12.3 Å². The van der Waals surface area contributed by atoms with Crippen molar-refractivity contribution in [3.8, 4) is 5.75 Å². The van der Waals surface area contributed by atoms with Crippen LogP contribution in [0.4, 0.5) is 5.69 Å². The van der Waals surface area contributed by atoms with Crippen molar-refractivity contribution in [2.75, 3.05) is 11.9 Å². The van der Waals surface area contributed by atoms with E-state index >= 15 is 0 Å². The van der Waals surface area contributed by atoms with Crippen molar-refractivity contribution in [1.82, 2.24) is 0 Å². The molecule has 0 saturated carbocycles. The summed E-state index contributed by atoms with van der Waals surface area (Å²) in [6.45, 7) is 2.37. The largest absolute Gasteiger partial charge is 0.493 e. The average Bonchev–Trinajstić information content (AvgIpc) is 2.57. The number of carboxylic acid groups (broad SMARTS) is 1. The zero-order valence-corrected chi connectivity index (χ0v) is 13.6. The lowest BCUT2D eigenvalue weighted by Gasteiger charge is -2.11. The lowest BCUT2D eigenvalue weighted by atomic mass is 10.1. The number of carbonyl (C=O) groups is 2. The number of para-hydroxylation sites is 1. The monoisotopic (exact) mass is 327 g/mol. The van der Waals surface area contributed by atoms with Crippen molar-refractivity contribution < 1.29 is 19.4 Å². The van der Waals surface area contributed by atoms with E-state index in [1.807, 2.05) is 37.3 Å². The number of benzene rings is 2. The number of hydrogen-bond acceptors (Lipinski definition) is 3. The molecule has 0 radical (unpaired) electrons. The summed E-state index contributed by atoms with van der Waals surface area (Å²) in [4.78, 5) is 22.9. The second kappa shape index (κ2) is 8.72. The third-order valence-corrected chi connectivity index (χ3v) is 3.50. The number of carbonyl (C=O) groups excluding carboxylic acids is 1. The smallest absolute Gasteiger partial charge is 0.303 e. The van der Waals surface area contributed by atoms with Gasteiger partial charge in [-0.15, -0.1) is 0 Å². The van der Waals surface area contributed by atoms with Gasteiger partial charge in [0.15, 0.2) is 0 Å². The highest BCUT2D eigenvalue weighted by Gasteiger charge is 2.12. The topological polar surface area (TPSA) is 75.6 Å². The van der Waals surface area contributed by atoms with Crippen LogP contribution in [0.3, 0.4) is 0 Å². The predicted octanol–water partition coefficient (Wildman–Crippen LogP) is 3.74. The molecule has 0 atom stereocenters. The zero-order valence-electron chi connectivity index (χ0n) is 13.6. The Labute approximate surface area is 141 Å². The van der Waals surface area contributed by atoms with Gasteiger partial charge in [-0.25, -0.2) is 0 Å². The van der Waals surface area contributed by atoms with Crippen molar-refractivity contribution in [3.05, 3.63) is 59.7 Å². The maximum absolute atomic E-state index is 12.4. The minimum absolute atomic E-state index is 0.159. The van der Waals surface area contributed by atoms with Gasteiger partial charge < -0.3 is 15.2 Å². The summed E-state index contributed by atoms with van der Waals surface area (Å²) in [7, 11) is 0. The van der Waals surface area contributed by atoms with Crippen LogP contribution < -0.4 is 10.1 Å². The number of nitrogens with one attached hydrogen (secondary N) is 1. The second-order valence-corrected chi connectivity index (χ2v) is 5.33. The Hall–Kier alpha value is -2.82. The molecule has 126 valence electrons. The van der Waals surface area contributed by atoms with Crippen LogP contribution >= 0.6 is 0 Å². The zero-order chi connectivity index (χ0) is 17.4. The molecule has 5 heteroatoms. The van der Waals surface area contributed by atoms with Crippen LogP contribution in [-0.2, 0) is 11.2 Å². The molecule has 0 aromatic heterocycles. The van der Waals surface area contributed by atoms with Crippen molar-refractivity contribution >= 4 is 17.6 Å². The van der Waals surface area contributed by atoms with Crippen LogP contribution in [-0.4, -0.2) is 23.6 Å². The molecule has 2 N–H and O–H groups in total. The number of hydrogen-bond donors (Lipinski definition) is 2. The molecule has 2 aromatic rings. The van der Waals surface area contributed by atoms with Gasteiger partial charge in [-0.05, 0) is 49.6 Å². The van der Waals surface area contributed by atoms with Crippen LogP contribution in [0.15, 0.2) is 48.5 Å². The van der Waals surface area contributed by atoms with Crippen molar-refractivity contribution in [2.45, 2.75) is 26.2 Å². The Morgan fingerprint density at radius 1 is 1.08 bits per heavy atom. The van der Waals surface area contributed by atoms with E-state index in [2.05, 4.69) is 5.32 Å². The molecule has 0 aliphatic heterocycles. The number of ether oxygens (including phenoxy) is 1. The molecule has 5 nitrogen and oxygen atoms in total. The van der Waals surface area contributed by atoms with Gasteiger partial charge in [0.25, 0.3) is 5.91 Å². The molecule has 0 heterocycles. The van der Waals surface area contributed by atoms with Gasteiger partial charge in [0.1, 0.15) is 5.75 Å². The van der Waals surface area contributed by atoms with Gasteiger partial charge in [-0.3, -0.25) is 9.59 Å². The minimum atomic E-state index is -0.785. The first-order valence-corrected chi connectivity index (χ1v) is 7.94. The summed E-state index contributed by atoms with van der Waals surface area (Å²) in [5, 5.41) is 11.5. The van der Waals surface area contributed by atoms with Gasteiger partial charge in [-0.1, -0.05) is 24.3 Å². The molecule has 1 amide bonds. The fourth-order valence-corrected chi connectivity index (χ4v) is 2.33. The van der Waals surface area contributed by atoms with Crippen LogP contribution in [0.1, 0.15) is 35.7 Å². The summed E-state index contributed by atoms with van der Waals surface area (Å²) in [5.41, 5.74) is 2.22. The number of anilines is 1. The third-order valence-electron chi connectivity index (χ3n) is 3.50. The maximum Gasteiger partial charge on any atom is 0.303 e. The molecule has 0 saturated heterocycles. The molecular weight excluding hydrogens is 306 g/mol. The molecular formula is C19H21NO4. The van der Waals surface area contributed by atoms with Crippen LogP contribution in [0.25, 0.3) is 0 Å². The Kier molecular flexibility index (Phi) is 6.37. The molecule has 0 aliphatic rings. The highest BCUT2D eigenvalue weighted by Crippen LogP contribution is 2.20. The molecule has 0 spiro atoms. The summed E-state index contributed by atoms with van der Waals surface area (Å²) >= 11 is 0. The number of rotatable bonds is 8. The molecule has 0 fully saturated rings. The highest BCUT2D eigenvalue weighted by molar-refractivity contribution is 6.06. The molecule has 2 aromatic carbocycles. The average molecular weight is 327 g/mol. The quantitative estimate of drug-likeness (QED) is 0.774. The van der Waals surface area contributed by atoms with Crippen LogP contribution in [0, 0.1) is 0 Å². The standard InChI is InChI=1S/C19H21NO4/c1-2-24-17-8-4-3-7-16(17)19(23)20-15-12-10-14(11-13-15)6-5-9-18(21)22/h3-4,7-8,10-13H,2,5-6,9H2,1H3,(H,20,23)(H,21,22). The SMILES string of the molecule is CCOc1ccccc1C(=O)Nc1ccc(CCCC(=O)O)cc1. The minimum Gasteiger partial charge on any atom is -0.493 e. The van der Waals surface area contributed by atoms with E-state index in [9.17, 15) is 9.59 Å². The third kappa shape index (κ3) is 5.12. The van der Waals surface area contributed by atoms with E-state index in [4.69, 9.17) is 9.84 Å². The van der Waals surface area contributed by atoms with Crippen molar-refractivity contribution in [2.24, 2.45) is 0 Å². The van der Waals surface area contributed by atoms with Crippen molar-refractivity contribution in [3.63, 3.8) is 0 Å². The Morgan fingerprint density at radius 3 is 2.46 bits per heavy atom. The van der Waals surface area contributed by atoms with E-state index < -0.39 is 5.97 Å². The molecule has 24 heavy (non-hydrogen) atoms. The maximum atomic E-state index is 12.4. The first-order valence-electron chi connectivity index (χ1n) is 7.94. The van der Waals surface area contributed by atoms with E-state index in [0.29, 0.717) is 36.4 Å². The Morgan fingerprint density at radius 2 is 1.79 bits per heavy atom. The van der Waals surface area contributed by atoms with Gasteiger partial charge in [0, 0.05) is 12.1 Å². The second-order valence-electron chi connectivity index (χ2n) is 5.33. The van der Waals surface area contributed by atoms with Crippen LogP contribution in [0.2, 0.25) is 0 Å². The number of aryl methyl sites for hydroxylation is 1. The molecule has 2 rings (SSSR count). The summed E-state index contributed by atoms with van der Waals surface area (Å²) in [5.74, 6) is -0.452. The summed E-state index contributed by atoms with van der Waals surface area (Å²) < 4.78 is 5.47. The number of carboxylic acids is 1. The Balaban J connectivity index is 1.98. The van der Waals surface area contributed by atoms with Gasteiger partial charge in [-0.2, -0.15) is 0 Å². The highest BCUT2D eigenvalue weighted by atomic mass is 16.5. The lowest BCUT2D eigenvalue weighted by molar-refractivity contribution is -0.137. The molecule has 0 aliphatic carbocycles. The van der Waals surface area contributed by atoms with E-state index in [1.54, 1.807) is 18.2 Å². The van der Waals surface area contributed by atoms with Crippen molar-refractivity contribution in [1.29, 1.82) is 0 Å². The lowest BCUT2D eigenvalue weighted by Crippen LogP contribution is -2.13. The molecule has 0 bridgehead atoms. The first-order chi connectivity index (χ1) is 11.6. The van der Waals surface area contributed by atoms with Gasteiger partial charge in [0.05, 0.1) is 12.2 Å². The Bertz CT molecular complexity index is 695. The predicted molar refractivity (Wildman–Crippen MR) is 92.6 cm³/mol. The summed E-state index contributed by atoms with van der Waals surface area (Å²) in [6.07, 6.45) is 1.46. The fourth-order valence-electron chi connectivity index (χ4n) is 2.33. The summed E-state index contributed by atoms with van der Waals surface area (Å²) in [6, 6.07) is 14.5. The first kappa shape index (κ1) is 17.5. The number of aliphatic carboxylic acids is 1. The van der Waals surface area contributed by atoms with E-state index in [1.165, 1.54) is 0 Å². The van der Waals surface area contributed by atoms with Gasteiger partial charge in [0.2, 0.25) is 0 Å². The van der Waals surface area contributed by atoms with Gasteiger partial charge >= 0.3 is 5.97 Å². The molecule has 0 unspecified atom stereocenters. The van der Waals surface area contributed by atoms with Crippen LogP contribution in [0.5, 0.6) is 5.75 Å². The fraction of sp³-hybridized carbons (Fsp3) is 0.263. The normalized spacial score (nSPS) is 10.2.